The second-order valence-electron chi connectivity index (χ2n) is 10.7. The van der Waals surface area contributed by atoms with Crippen LogP contribution < -0.4 is 14.4 Å². The molecule has 0 aliphatic carbocycles. The maximum absolute atomic E-state index is 14.7. The largest absolute Gasteiger partial charge is 0.457 e. The molecule has 10 heteroatoms. The summed E-state index contributed by atoms with van der Waals surface area (Å²) in [5.41, 5.74) is 1.29. The van der Waals surface area contributed by atoms with Gasteiger partial charge in [0, 0.05) is 18.7 Å². The Bertz CT molecular complexity index is 1680. The van der Waals surface area contributed by atoms with Gasteiger partial charge in [-0.25, -0.2) is 12.8 Å². The number of ether oxygens (including phenoxy) is 1. The highest BCUT2D eigenvalue weighted by molar-refractivity contribution is 7.92. The van der Waals surface area contributed by atoms with E-state index in [0.29, 0.717) is 18.0 Å². The van der Waals surface area contributed by atoms with Crippen molar-refractivity contribution in [3.8, 4) is 11.5 Å². The zero-order valence-electron chi connectivity index (χ0n) is 25.6. The van der Waals surface area contributed by atoms with Crippen molar-refractivity contribution in [1.82, 2.24) is 10.2 Å². The van der Waals surface area contributed by atoms with Gasteiger partial charge in [-0.05, 0) is 74.9 Å². The molecular weight excluding hydrogens is 593 g/mol. The molecule has 0 radical (unpaired) electrons. The molecular formula is C35H38FN3O5S. The van der Waals surface area contributed by atoms with E-state index in [2.05, 4.69) is 5.32 Å². The standard InChI is InChI=1S/C35H38FN3O5S/c1-4-5-23-37-35(41)27(3)38(24-28-11-9-10-14-33(28)36)34(40)25-39(45(42,43)32-21-15-26(2)16-22-32)29-17-19-31(20-18-29)44-30-12-7-6-8-13-30/h6-22,27H,4-5,23-25H2,1-3H3,(H,37,41)/t27-/m1/s1. The van der Waals surface area contributed by atoms with Gasteiger partial charge >= 0.3 is 0 Å². The maximum atomic E-state index is 14.7. The fraction of sp³-hybridized carbons (Fsp3) is 0.257. The molecule has 0 unspecified atom stereocenters. The summed E-state index contributed by atoms with van der Waals surface area (Å²) in [6.07, 6.45) is 1.62. The van der Waals surface area contributed by atoms with Crippen LogP contribution in [0, 0.1) is 12.7 Å². The van der Waals surface area contributed by atoms with Gasteiger partial charge in [-0.15, -0.1) is 0 Å². The van der Waals surface area contributed by atoms with E-state index in [1.54, 1.807) is 61.5 Å². The average molecular weight is 632 g/mol. The van der Waals surface area contributed by atoms with Crippen molar-refractivity contribution in [1.29, 1.82) is 0 Å². The van der Waals surface area contributed by atoms with Gasteiger partial charge in [-0.1, -0.05) is 67.4 Å². The smallest absolute Gasteiger partial charge is 0.264 e. The number of amides is 2. The minimum Gasteiger partial charge on any atom is -0.457 e. The van der Waals surface area contributed by atoms with Crippen LogP contribution in [0.3, 0.4) is 0 Å². The van der Waals surface area contributed by atoms with Gasteiger partial charge in [-0.3, -0.25) is 13.9 Å². The number of sulfonamides is 1. The van der Waals surface area contributed by atoms with E-state index in [1.807, 2.05) is 32.0 Å². The molecule has 0 bridgehead atoms. The zero-order valence-corrected chi connectivity index (χ0v) is 26.5. The Morgan fingerprint density at radius 3 is 2.13 bits per heavy atom. The number of benzene rings is 4. The van der Waals surface area contributed by atoms with Gasteiger partial charge < -0.3 is 15.0 Å². The van der Waals surface area contributed by atoms with Crippen LogP contribution in [-0.2, 0) is 26.2 Å². The second kappa shape index (κ2) is 15.3. The Morgan fingerprint density at radius 2 is 1.49 bits per heavy atom. The molecule has 0 fully saturated rings. The number of nitrogens with zero attached hydrogens (tertiary/aromatic N) is 2. The minimum absolute atomic E-state index is 0.00322. The molecule has 4 aromatic carbocycles. The molecule has 0 aliphatic rings. The predicted octanol–water partition coefficient (Wildman–Crippen LogP) is 6.46. The first-order valence-electron chi connectivity index (χ1n) is 14.8. The quantitative estimate of drug-likeness (QED) is 0.161. The number of halogens is 1. The topological polar surface area (TPSA) is 96.0 Å². The number of carbonyl (C=O) groups excluding carboxylic acids is 2. The molecule has 236 valence electrons. The Hall–Kier alpha value is -4.70. The number of aryl methyl sites for hydroxylation is 1. The summed E-state index contributed by atoms with van der Waals surface area (Å²) in [5, 5.41) is 2.82. The lowest BCUT2D eigenvalue weighted by atomic mass is 10.1. The monoisotopic (exact) mass is 631 g/mol. The molecule has 0 spiro atoms. The number of para-hydroxylation sites is 1. The number of hydrogen-bond acceptors (Lipinski definition) is 5. The van der Waals surface area contributed by atoms with Crippen molar-refractivity contribution in [3.05, 3.63) is 120 Å². The fourth-order valence-electron chi connectivity index (χ4n) is 4.60. The lowest BCUT2D eigenvalue weighted by Gasteiger charge is -2.32. The first kappa shape index (κ1) is 33.2. The Labute approximate surface area is 264 Å². The van der Waals surface area contributed by atoms with Crippen LogP contribution in [0.2, 0.25) is 0 Å². The summed E-state index contributed by atoms with van der Waals surface area (Å²) >= 11 is 0. The van der Waals surface area contributed by atoms with E-state index in [1.165, 1.54) is 35.2 Å². The molecule has 2 amide bonds. The highest BCUT2D eigenvalue weighted by atomic mass is 32.2. The van der Waals surface area contributed by atoms with Crippen LogP contribution >= 0.6 is 0 Å². The van der Waals surface area contributed by atoms with Crippen molar-refractivity contribution < 1.29 is 27.1 Å². The minimum atomic E-state index is -4.25. The highest BCUT2D eigenvalue weighted by Gasteiger charge is 2.33. The average Bonchev–Trinajstić information content (AvgIpc) is 3.04. The summed E-state index contributed by atoms with van der Waals surface area (Å²) < 4.78 is 49.7. The molecule has 0 saturated heterocycles. The summed E-state index contributed by atoms with van der Waals surface area (Å²) in [5.74, 6) is -0.533. The van der Waals surface area contributed by atoms with Crippen molar-refractivity contribution >= 4 is 27.5 Å². The highest BCUT2D eigenvalue weighted by Crippen LogP contribution is 2.29. The lowest BCUT2D eigenvalue weighted by molar-refractivity contribution is -0.139. The van der Waals surface area contributed by atoms with Gasteiger partial charge in [0.2, 0.25) is 11.8 Å². The Morgan fingerprint density at radius 1 is 0.867 bits per heavy atom. The van der Waals surface area contributed by atoms with Crippen LogP contribution in [0.4, 0.5) is 10.1 Å². The predicted molar refractivity (Wildman–Crippen MR) is 173 cm³/mol. The molecule has 0 aliphatic heterocycles. The molecule has 0 aromatic heterocycles. The third kappa shape index (κ3) is 8.69. The van der Waals surface area contributed by atoms with Gasteiger partial charge in [0.25, 0.3) is 10.0 Å². The van der Waals surface area contributed by atoms with Crippen LogP contribution in [0.25, 0.3) is 0 Å². The van der Waals surface area contributed by atoms with E-state index >= 15 is 0 Å². The number of rotatable bonds is 14. The second-order valence-corrected chi connectivity index (χ2v) is 12.5. The van der Waals surface area contributed by atoms with Crippen LogP contribution in [-0.4, -0.2) is 44.3 Å². The summed E-state index contributed by atoms with van der Waals surface area (Å²) in [4.78, 5) is 28.3. The van der Waals surface area contributed by atoms with Gasteiger partial charge in [0.05, 0.1) is 10.6 Å². The number of unbranched alkanes of at least 4 members (excludes halogenated alkanes) is 1. The molecule has 4 aromatic rings. The van der Waals surface area contributed by atoms with Gasteiger partial charge in [0.1, 0.15) is 29.9 Å². The Balaban J connectivity index is 1.69. The third-order valence-electron chi connectivity index (χ3n) is 7.29. The molecule has 0 heterocycles. The molecule has 8 nitrogen and oxygen atoms in total. The van der Waals surface area contributed by atoms with Crippen LogP contribution in [0.1, 0.15) is 37.8 Å². The van der Waals surface area contributed by atoms with Crippen LogP contribution in [0.5, 0.6) is 11.5 Å². The van der Waals surface area contributed by atoms with Crippen molar-refractivity contribution in [3.63, 3.8) is 0 Å². The SMILES string of the molecule is CCCCNC(=O)[C@@H](C)N(Cc1ccccc1F)C(=O)CN(c1ccc(Oc2ccccc2)cc1)S(=O)(=O)c1ccc(C)cc1. The summed E-state index contributed by atoms with van der Waals surface area (Å²) in [7, 11) is -4.25. The van der Waals surface area contributed by atoms with E-state index in [9.17, 15) is 22.4 Å². The number of nitrogens with one attached hydrogen (secondary N) is 1. The zero-order chi connectivity index (χ0) is 32.4. The van der Waals surface area contributed by atoms with Gasteiger partial charge in [-0.2, -0.15) is 0 Å². The fourth-order valence-corrected chi connectivity index (χ4v) is 6.01. The van der Waals surface area contributed by atoms with E-state index < -0.39 is 40.2 Å². The molecule has 4 rings (SSSR count). The van der Waals surface area contributed by atoms with E-state index in [0.717, 1.165) is 22.7 Å². The lowest BCUT2D eigenvalue weighted by Crippen LogP contribution is -2.51. The van der Waals surface area contributed by atoms with E-state index in [-0.39, 0.29) is 22.7 Å². The molecule has 1 atom stereocenters. The Kier molecular flexibility index (Phi) is 11.3. The van der Waals surface area contributed by atoms with Gasteiger partial charge in [0.15, 0.2) is 0 Å². The van der Waals surface area contributed by atoms with Crippen molar-refractivity contribution in [2.75, 3.05) is 17.4 Å². The number of hydrogen-bond donors (Lipinski definition) is 1. The molecule has 1 N–H and O–H groups in total. The normalized spacial score (nSPS) is 11.8. The molecule has 45 heavy (non-hydrogen) atoms. The van der Waals surface area contributed by atoms with Crippen molar-refractivity contribution in [2.45, 2.75) is 51.1 Å². The first-order valence-corrected chi connectivity index (χ1v) is 16.3. The van der Waals surface area contributed by atoms with E-state index in [4.69, 9.17) is 4.74 Å². The maximum Gasteiger partial charge on any atom is 0.264 e. The third-order valence-corrected chi connectivity index (χ3v) is 9.07. The number of anilines is 1. The summed E-state index contributed by atoms with van der Waals surface area (Å²) in [6, 6.07) is 26.8. The first-order chi connectivity index (χ1) is 21.6. The van der Waals surface area contributed by atoms with Crippen molar-refractivity contribution in [2.24, 2.45) is 0 Å². The molecule has 0 saturated carbocycles. The van der Waals surface area contributed by atoms with Crippen LogP contribution in [0.15, 0.2) is 108 Å². The summed E-state index contributed by atoms with van der Waals surface area (Å²) in [6.45, 7) is 4.96. The number of carbonyl (C=O) groups is 2.